The average molecular weight is 316 g/mol. The van der Waals surface area contributed by atoms with Crippen LogP contribution >= 0.6 is 11.3 Å². The molecular formula is C15H16N4O2S. The van der Waals surface area contributed by atoms with Crippen molar-refractivity contribution in [3.8, 4) is 0 Å². The smallest absolute Gasteiger partial charge is 0.276 e. The van der Waals surface area contributed by atoms with E-state index in [1.165, 1.54) is 29.9 Å². The zero-order valence-electron chi connectivity index (χ0n) is 12.1. The standard InChI is InChI=1S/C15H16N4O2S/c1-8-2-3-9-11(6-8)22-15(12(9)13(16)20)19-14(21)10-7-17-4-5-18-10/h4-5,7-8H,2-3,6H2,1H3,(H2,16,20)(H,19,21)/t8-/m1/s1. The zero-order chi connectivity index (χ0) is 15.7. The lowest BCUT2D eigenvalue weighted by Crippen LogP contribution is -2.19. The molecule has 3 N–H and O–H groups in total. The number of aromatic nitrogens is 2. The Morgan fingerprint density at radius 2 is 2.23 bits per heavy atom. The van der Waals surface area contributed by atoms with E-state index in [0.717, 1.165) is 29.7 Å². The van der Waals surface area contributed by atoms with Crippen molar-refractivity contribution in [1.82, 2.24) is 9.97 Å². The molecule has 2 heterocycles. The summed E-state index contributed by atoms with van der Waals surface area (Å²) in [6.45, 7) is 2.18. The maximum atomic E-state index is 12.2. The van der Waals surface area contributed by atoms with Crippen molar-refractivity contribution in [3.63, 3.8) is 0 Å². The first-order valence-electron chi connectivity index (χ1n) is 7.08. The number of primary amides is 1. The maximum Gasteiger partial charge on any atom is 0.276 e. The van der Waals surface area contributed by atoms with Crippen LogP contribution in [0.5, 0.6) is 0 Å². The van der Waals surface area contributed by atoms with Crippen LogP contribution < -0.4 is 11.1 Å². The molecule has 2 aromatic heterocycles. The third kappa shape index (κ3) is 2.71. The molecule has 0 saturated carbocycles. The van der Waals surface area contributed by atoms with E-state index in [1.807, 2.05) is 0 Å². The minimum atomic E-state index is -0.499. The van der Waals surface area contributed by atoms with E-state index in [0.29, 0.717) is 16.5 Å². The van der Waals surface area contributed by atoms with Gasteiger partial charge in [0.15, 0.2) is 0 Å². The SMILES string of the molecule is C[C@@H]1CCc2c(sc(NC(=O)c3cnccn3)c2C(N)=O)C1. The van der Waals surface area contributed by atoms with Gasteiger partial charge in [-0.1, -0.05) is 6.92 Å². The molecule has 0 spiro atoms. The molecule has 3 rings (SSSR count). The minimum Gasteiger partial charge on any atom is -0.365 e. The first-order valence-corrected chi connectivity index (χ1v) is 7.89. The molecule has 6 nitrogen and oxygen atoms in total. The molecule has 7 heteroatoms. The van der Waals surface area contributed by atoms with Crippen molar-refractivity contribution in [2.75, 3.05) is 5.32 Å². The highest BCUT2D eigenvalue weighted by molar-refractivity contribution is 7.17. The summed E-state index contributed by atoms with van der Waals surface area (Å²) in [5.74, 6) is -0.306. The predicted octanol–water partition coefficient (Wildman–Crippen LogP) is 2.01. The van der Waals surface area contributed by atoms with E-state index < -0.39 is 5.91 Å². The molecule has 0 aliphatic heterocycles. The lowest BCUT2D eigenvalue weighted by molar-refractivity contribution is 0.1000. The molecule has 1 aliphatic rings. The Morgan fingerprint density at radius 3 is 2.91 bits per heavy atom. The number of hydrogen-bond acceptors (Lipinski definition) is 5. The van der Waals surface area contributed by atoms with Crippen LogP contribution in [0.1, 0.15) is 44.6 Å². The van der Waals surface area contributed by atoms with Crippen molar-refractivity contribution in [2.24, 2.45) is 11.7 Å². The molecule has 0 bridgehead atoms. The topological polar surface area (TPSA) is 98.0 Å². The summed E-state index contributed by atoms with van der Waals surface area (Å²) in [5.41, 5.74) is 7.17. The molecular weight excluding hydrogens is 300 g/mol. The Morgan fingerprint density at radius 1 is 1.41 bits per heavy atom. The quantitative estimate of drug-likeness (QED) is 0.905. The van der Waals surface area contributed by atoms with Gasteiger partial charge >= 0.3 is 0 Å². The number of thiophene rings is 1. The van der Waals surface area contributed by atoms with Gasteiger partial charge in [-0.25, -0.2) is 4.98 Å². The summed E-state index contributed by atoms with van der Waals surface area (Å²) in [4.78, 5) is 33.0. The van der Waals surface area contributed by atoms with Crippen LogP contribution in [0.25, 0.3) is 0 Å². The number of carbonyl (C=O) groups is 2. The first kappa shape index (κ1) is 14.6. The Labute approximate surface area is 131 Å². The van der Waals surface area contributed by atoms with Crippen LogP contribution in [0, 0.1) is 5.92 Å². The lowest BCUT2D eigenvalue weighted by Gasteiger charge is -2.18. The number of nitrogens with zero attached hydrogens (tertiary/aromatic N) is 2. The summed E-state index contributed by atoms with van der Waals surface area (Å²) < 4.78 is 0. The van der Waals surface area contributed by atoms with Crippen LogP contribution in [-0.2, 0) is 12.8 Å². The van der Waals surface area contributed by atoms with Crippen molar-refractivity contribution < 1.29 is 9.59 Å². The highest BCUT2D eigenvalue weighted by Gasteiger charge is 2.27. The van der Waals surface area contributed by atoms with E-state index >= 15 is 0 Å². The largest absolute Gasteiger partial charge is 0.365 e. The Kier molecular flexibility index (Phi) is 3.89. The zero-order valence-corrected chi connectivity index (χ0v) is 12.9. The lowest BCUT2D eigenvalue weighted by atomic mass is 9.88. The number of carbonyl (C=O) groups excluding carboxylic acids is 2. The fourth-order valence-corrected chi connectivity index (χ4v) is 4.09. The van der Waals surface area contributed by atoms with Crippen LogP contribution in [-0.4, -0.2) is 21.8 Å². The van der Waals surface area contributed by atoms with Gasteiger partial charge in [0.05, 0.1) is 11.8 Å². The van der Waals surface area contributed by atoms with Crippen molar-refractivity contribution in [1.29, 1.82) is 0 Å². The van der Waals surface area contributed by atoms with E-state index in [-0.39, 0.29) is 11.6 Å². The molecule has 22 heavy (non-hydrogen) atoms. The van der Waals surface area contributed by atoms with Crippen LogP contribution in [0.15, 0.2) is 18.6 Å². The highest BCUT2D eigenvalue weighted by atomic mass is 32.1. The molecule has 1 aliphatic carbocycles. The number of rotatable bonds is 3. The van der Waals surface area contributed by atoms with Gasteiger partial charge in [-0.15, -0.1) is 11.3 Å². The van der Waals surface area contributed by atoms with Gasteiger partial charge in [0.2, 0.25) is 0 Å². The molecule has 0 radical (unpaired) electrons. The second-order valence-electron chi connectivity index (χ2n) is 5.46. The third-order valence-electron chi connectivity index (χ3n) is 3.78. The summed E-state index contributed by atoms with van der Waals surface area (Å²) in [5, 5.41) is 3.27. The number of amides is 2. The third-order valence-corrected chi connectivity index (χ3v) is 4.95. The van der Waals surface area contributed by atoms with Crippen molar-refractivity contribution >= 4 is 28.2 Å². The summed E-state index contributed by atoms with van der Waals surface area (Å²) in [6, 6.07) is 0. The van der Waals surface area contributed by atoms with Crippen LogP contribution in [0.2, 0.25) is 0 Å². The fourth-order valence-electron chi connectivity index (χ4n) is 2.68. The van der Waals surface area contributed by atoms with Gasteiger partial charge < -0.3 is 11.1 Å². The van der Waals surface area contributed by atoms with Crippen molar-refractivity contribution in [3.05, 3.63) is 40.3 Å². The first-order chi connectivity index (χ1) is 10.6. The van der Waals surface area contributed by atoms with Gasteiger partial charge in [-0.3, -0.25) is 14.6 Å². The molecule has 114 valence electrons. The highest BCUT2D eigenvalue weighted by Crippen LogP contribution is 2.39. The molecule has 2 amide bonds. The van der Waals surface area contributed by atoms with E-state index in [9.17, 15) is 9.59 Å². The Balaban J connectivity index is 1.94. The van der Waals surface area contributed by atoms with Crippen LogP contribution in [0.3, 0.4) is 0 Å². The minimum absolute atomic E-state index is 0.206. The number of nitrogens with two attached hydrogens (primary N) is 1. The maximum absolute atomic E-state index is 12.2. The van der Waals surface area contributed by atoms with Gasteiger partial charge in [-0.05, 0) is 30.7 Å². The number of hydrogen-bond donors (Lipinski definition) is 2. The number of fused-ring (bicyclic) bond motifs is 1. The fraction of sp³-hybridized carbons (Fsp3) is 0.333. The second kappa shape index (κ2) is 5.84. The molecule has 0 saturated heterocycles. The summed E-state index contributed by atoms with van der Waals surface area (Å²) in [6.07, 6.45) is 7.10. The average Bonchev–Trinajstić information content (AvgIpc) is 2.85. The molecule has 0 unspecified atom stereocenters. The van der Waals surface area contributed by atoms with E-state index in [2.05, 4.69) is 22.2 Å². The van der Waals surface area contributed by atoms with Gasteiger partial charge in [0.25, 0.3) is 11.8 Å². The number of anilines is 1. The van der Waals surface area contributed by atoms with Crippen molar-refractivity contribution in [2.45, 2.75) is 26.2 Å². The number of nitrogens with one attached hydrogen (secondary N) is 1. The summed E-state index contributed by atoms with van der Waals surface area (Å²) in [7, 11) is 0. The normalized spacial score (nSPS) is 16.9. The van der Waals surface area contributed by atoms with E-state index in [4.69, 9.17) is 5.73 Å². The molecule has 2 aromatic rings. The van der Waals surface area contributed by atoms with Gasteiger partial charge in [0, 0.05) is 17.3 Å². The predicted molar refractivity (Wildman–Crippen MR) is 84.0 cm³/mol. The Hall–Kier alpha value is -2.28. The van der Waals surface area contributed by atoms with E-state index in [1.54, 1.807) is 0 Å². The second-order valence-corrected chi connectivity index (χ2v) is 6.57. The molecule has 1 atom stereocenters. The van der Waals surface area contributed by atoms with Gasteiger partial charge in [-0.2, -0.15) is 0 Å². The monoisotopic (exact) mass is 316 g/mol. The summed E-state index contributed by atoms with van der Waals surface area (Å²) >= 11 is 1.44. The molecule has 0 fully saturated rings. The molecule has 0 aromatic carbocycles. The Bertz CT molecular complexity index is 727. The van der Waals surface area contributed by atoms with Gasteiger partial charge in [0.1, 0.15) is 10.7 Å². The van der Waals surface area contributed by atoms with Crippen LogP contribution in [0.4, 0.5) is 5.00 Å².